The number of nitrogens with one attached hydrogen (secondary N) is 1. The van der Waals surface area contributed by atoms with Gasteiger partial charge < -0.3 is 5.32 Å². The van der Waals surface area contributed by atoms with Crippen LogP contribution in [0.15, 0.2) is 23.1 Å². The van der Waals surface area contributed by atoms with E-state index < -0.39 is 10.0 Å². The number of aryl methyl sites for hydroxylation is 1. The van der Waals surface area contributed by atoms with Crippen LogP contribution in [0.1, 0.15) is 45.2 Å². The summed E-state index contributed by atoms with van der Waals surface area (Å²) in [5.41, 5.74) is 1.88. The van der Waals surface area contributed by atoms with Crippen LogP contribution >= 0.6 is 0 Å². The summed E-state index contributed by atoms with van der Waals surface area (Å²) >= 11 is 0. The first-order chi connectivity index (χ1) is 9.82. The van der Waals surface area contributed by atoms with Crippen LogP contribution in [-0.2, 0) is 23.0 Å². The monoisotopic (exact) mass is 312 g/mol. The van der Waals surface area contributed by atoms with Crippen LogP contribution in [0.4, 0.5) is 0 Å². The molecule has 0 atom stereocenters. The highest BCUT2D eigenvalue weighted by molar-refractivity contribution is 7.89. The van der Waals surface area contributed by atoms with Gasteiger partial charge in [-0.2, -0.15) is 0 Å². The molecule has 0 aliphatic rings. The van der Waals surface area contributed by atoms with Gasteiger partial charge in [0.15, 0.2) is 0 Å². The van der Waals surface area contributed by atoms with Crippen molar-refractivity contribution in [2.75, 3.05) is 13.6 Å². The van der Waals surface area contributed by atoms with Crippen LogP contribution in [0.5, 0.6) is 0 Å². The van der Waals surface area contributed by atoms with Crippen molar-refractivity contribution < 1.29 is 8.42 Å². The third kappa shape index (κ3) is 4.80. The molecule has 1 aromatic carbocycles. The van der Waals surface area contributed by atoms with Crippen LogP contribution in [0.2, 0.25) is 0 Å². The smallest absolute Gasteiger partial charge is 0.243 e. The Balaban J connectivity index is 3.16. The topological polar surface area (TPSA) is 49.4 Å². The van der Waals surface area contributed by atoms with Gasteiger partial charge in [0.2, 0.25) is 10.0 Å². The molecule has 4 nitrogen and oxygen atoms in total. The number of benzene rings is 1. The first kappa shape index (κ1) is 18.1. The van der Waals surface area contributed by atoms with E-state index in [4.69, 9.17) is 0 Å². The van der Waals surface area contributed by atoms with Crippen molar-refractivity contribution in [3.63, 3.8) is 0 Å². The normalized spacial score (nSPS) is 12.3. The molecular formula is C16H28N2O2S. The molecule has 0 aromatic heterocycles. The molecule has 0 unspecified atom stereocenters. The Labute approximate surface area is 129 Å². The standard InChI is InChI=1S/C16H28N2O2S/c1-6-10-18(5)21(19,20)16-11-14(12-17-13(3)4)8-9-15(16)7-2/h8-9,11,13,17H,6-7,10,12H2,1-5H3. The van der Waals surface area contributed by atoms with Gasteiger partial charge in [0.25, 0.3) is 0 Å². The fourth-order valence-corrected chi connectivity index (χ4v) is 3.77. The second kappa shape index (κ2) is 7.92. The first-order valence-corrected chi connectivity index (χ1v) is 9.08. The van der Waals surface area contributed by atoms with Gasteiger partial charge in [-0.15, -0.1) is 0 Å². The quantitative estimate of drug-likeness (QED) is 0.803. The van der Waals surface area contributed by atoms with Crippen LogP contribution in [-0.4, -0.2) is 32.4 Å². The Morgan fingerprint density at radius 1 is 1.24 bits per heavy atom. The SMILES string of the molecule is CCCN(C)S(=O)(=O)c1cc(CNC(C)C)ccc1CC. The molecule has 0 saturated carbocycles. The maximum absolute atomic E-state index is 12.7. The number of sulfonamides is 1. The number of rotatable bonds is 8. The zero-order valence-electron chi connectivity index (χ0n) is 13.8. The molecule has 0 saturated heterocycles. The molecule has 0 bridgehead atoms. The van der Waals surface area contributed by atoms with Gasteiger partial charge in [0.05, 0.1) is 4.90 Å². The molecule has 0 fully saturated rings. The predicted octanol–water partition coefficient (Wildman–Crippen LogP) is 2.78. The third-order valence-electron chi connectivity index (χ3n) is 3.45. The lowest BCUT2D eigenvalue weighted by Gasteiger charge is -2.19. The highest BCUT2D eigenvalue weighted by Crippen LogP contribution is 2.22. The number of hydrogen-bond donors (Lipinski definition) is 1. The fraction of sp³-hybridized carbons (Fsp3) is 0.625. The van der Waals surface area contributed by atoms with Gasteiger partial charge in [-0.1, -0.05) is 39.8 Å². The molecule has 0 aliphatic carbocycles. The lowest BCUT2D eigenvalue weighted by Crippen LogP contribution is -2.29. The van der Waals surface area contributed by atoms with Crippen molar-refractivity contribution in [3.05, 3.63) is 29.3 Å². The zero-order valence-corrected chi connectivity index (χ0v) is 14.6. The average molecular weight is 312 g/mol. The van der Waals surface area contributed by atoms with Gasteiger partial charge in [-0.25, -0.2) is 12.7 Å². The third-order valence-corrected chi connectivity index (χ3v) is 5.39. The molecule has 21 heavy (non-hydrogen) atoms. The fourth-order valence-electron chi connectivity index (χ4n) is 2.17. The van der Waals surface area contributed by atoms with Crippen molar-refractivity contribution in [3.8, 4) is 0 Å². The molecule has 0 spiro atoms. The van der Waals surface area contributed by atoms with Gasteiger partial charge in [-0.05, 0) is 30.0 Å². The Kier molecular flexibility index (Phi) is 6.84. The van der Waals surface area contributed by atoms with Crippen molar-refractivity contribution in [2.24, 2.45) is 0 Å². The Hall–Kier alpha value is -0.910. The Morgan fingerprint density at radius 2 is 1.90 bits per heavy atom. The molecule has 0 aliphatic heterocycles. The molecule has 1 aromatic rings. The van der Waals surface area contributed by atoms with Crippen LogP contribution in [0.25, 0.3) is 0 Å². The first-order valence-electron chi connectivity index (χ1n) is 7.64. The molecule has 120 valence electrons. The minimum atomic E-state index is -3.40. The summed E-state index contributed by atoms with van der Waals surface area (Å²) in [5.74, 6) is 0. The summed E-state index contributed by atoms with van der Waals surface area (Å²) in [5, 5.41) is 3.32. The van der Waals surface area contributed by atoms with E-state index >= 15 is 0 Å². The summed E-state index contributed by atoms with van der Waals surface area (Å²) in [6, 6.07) is 6.13. The molecular weight excluding hydrogens is 284 g/mol. The van der Waals surface area contributed by atoms with Gasteiger partial charge in [0.1, 0.15) is 0 Å². The van der Waals surface area contributed by atoms with Crippen LogP contribution < -0.4 is 5.32 Å². The van der Waals surface area contributed by atoms with E-state index in [0.717, 1.165) is 17.5 Å². The summed E-state index contributed by atoms with van der Waals surface area (Å²) in [6.45, 7) is 9.35. The van der Waals surface area contributed by atoms with Gasteiger partial charge >= 0.3 is 0 Å². The van der Waals surface area contributed by atoms with Crippen molar-refractivity contribution in [1.29, 1.82) is 0 Å². The largest absolute Gasteiger partial charge is 0.310 e. The Bertz CT molecular complexity index is 553. The minimum absolute atomic E-state index is 0.374. The van der Waals surface area contributed by atoms with E-state index in [2.05, 4.69) is 19.2 Å². The number of hydrogen-bond acceptors (Lipinski definition) is 3. The van der Waals surface area contributed by atoms with E-state index in [1.807, 2.05) is 32.0 Å². The highest BCUT2D eigenvalue weighted by atomic mass is 32.2. The van der Waals surface area contributed by atoms with Gasteiger partial charge in [0, 0.05) is 26.2 Å². The Morgan fingerprint density at radius 3 is 2.43 bits per heavy atom. The van der Waals surface area contributed by atoms with E-state index in [-0.39, 0.29) is 0 Å². The van der Waals surface area contributed by atoms with Gasteiger partial charge in [-0.3, -0.25) is 0 Å². The summed E-state index contributed by atoms with van der Waals surface area (Å²) in [6.07, 6.45) is 1.53. The highest BCUT2D eigenvalue weighted by Gasteiger charge is 2.23. The molecule has 0 radical (unpaired) electrons. The molecule has 0 heterocycles. The molecule has 0 amide bonds. The van der Waals surface area contributed by atoms with Crippen molar-refractivity contribution in [2.45, 2.75) is 58.0 Å². The second-order valence-electron chi connectivity index (χ2n) is 5.66. The van der Waals surface area contributed by atoms with E-state index in [0.29, 0.717) is 30.4 Å². The summed E-state index contributed by atoms with van der Waals surface area (Å²) in [7, 11) is -1.75. The molecule has 5 heteroatoms. The molecule has 1 N–H and O–H groups in total. The van der Waals surface area contributed by atoms with Crippen LogP contribution in [0, 0.1) is 0 Å². The summed E-state index contributed by atoms with van der Waals surface area (Å²) < 4.78 is 26.8. The van der Waals surface area contributed by atoms with E-state index in [1.54, 1.807) is 7.05 Å². The lowest BCUT2D eigenvalue weighted by molar-refractivity contribution is 0.467. The lowest BCUT2D eigenvalue weighted by atomic mass is 10.1. The maximum atomic E-state index is 12.7. The zero-order chi connectivity index (χ0) is 16.0. The van der Waals surface area contributed by atoms with Crippen LogP contribution in [0.3, 0.4) is 0 Å². The predicted molar refractivity (Wildman–Crippen MR) is 87.9 cm³/mol. The molecule has 1 rings (SSSR count). The second-order valence-corrected chi connectivity index (χ2v) is 7.67. The average Bonchev–Trinajstić information content (AvgIpc) is 2.44. The number of nitrogens with zero attached hydrogens (tertiary/aromatic N) is 1. The van der Waals surface area contributed by atoms with E-state index in [1.165, 1.54) is 4.31 Å². The van der Waals surface area contributed by atoms with Crippen molar-refractivity contribution in [1.82, 2.24) is 9.62 Å². The minimum Gasteiger partial charge on any atom is -0.310 e. The summed E-state index contributed by atoms with van der Waals surface area (Å²) in [4.78, 5) is 0.448. The van der Waals surface area contributed by atoms with E-state index in [9.17, 15) is 8.42 Å². The van der Waals surface area contributed by atoms with Crippen molar-refractivity contribution >= 4 is 10.0 Å². The maximum Gasteiger partial charge on any atom is 0.243 e.